The summed E-state index contributed by atoms with van der Waals surface area (Å²) in [5.41, 5.74) is 1.69. The average Bonchev–Trinajstić information content (AvgIpc) is 3.07. The quantitative estimate of drug-likeness (QED) is 0.770. The largest absolute Gasteiger partial charge is 0.333 e. The van der Waals surface area contributed by atoms with Crippen LogP contribution in [0.3, 0.4) is 0 Å². The SMILES string of the molecule is O=C(NCc1cccs1)Nc1ccn2nccc2c1. The molecule has 0 unspecified atom stereocenters. The first-order chi connectivity index (χ1) is 9.31. The molecule has 2 N–H and O–H groups in total. The number of hydrogen-bond donors (Lipinski definition) is 2. The zero-order chi connectivity index (χ0) is 13.1. The molecule has 0 atom stereocenters. The molecule has 0 saturated carbocycles. The molecule has 3 rings (SSSR count). The fraction of sp³-hybridized carbons (Fsp3) is 0.0769. The van der Waals surface area contributed by atoms with E-state index in [1.807, 2.05) is 41.9 Å². The van der Waals surface area contributed by atoms with E-state index in [2.05, 4.69) is 15.7 Å². The molecule has 0 spiro atoms. The highest BCUT2D eigenvalue weighted by Gasteiger charge is 2.03. The van der Waals surface area contributed by atoms with Crippen LogP contribution in [0, 0.1) is 0 Å². The maximum atomic E-state index is 11.7. The summed E-state index contributed by atoms with van der Waals surface area (Å²) in [6, 6.07) is 9.31. The minimum absolute atomic E-state index is 0.211. The van der Waals surface area contributed by atoms with Gasteiger partial charge in [0.15, 0.2) is 0 Å². The Morgan fingerprint density at radius 3 is 3.16 bits per heavy atom. The Bertz CT molecular complexity index is 690. The first-order valence-electron chi connectivity index (χ1n) is 5.82. The van der Waals surface area contributed by atoms with E-state index in [1.54, 1.807) is 22.0 Å². The fourth-order valence-corrected chi connectivity index (χ4v) is 2.40. The molecule has 6 heteroatoms. The number of anilines is 1. The fourth-order valence-electron chi connectivity index (χ4n) is 1.76. The monoisotopic (exact) mass is 272 g/mol. The average molecular weight is 272 g/mol. The van der Waals surface area contributed by atoms with Crippen LogP contribution in [0.25, 0.3) is 5.52 Å². The predicted octanol–water partition coefficient (Wildman–Crippen LogP) is 2.72. The summed E-state index contributed by atoms with van der Waals surface area (Å²) >= 11 is 1.62. The second-order valence-electron chi connectivity index (χ2n) is 4.00. The number of amides is 2. The van der Waals surface area contributed by atoms with Crippen molar-refractivity contribution >= 4 is 28.6 Å². The summed E-state index contributed by atoms with van der Waals surface area (Å²) in [7, 11) is 0. The molecule has 0 aromatic carbocycles. The molecule has 3 aromatic rings. The van der Waals surface area contributed by atoms with Gasteiger partial charge in [0.25, 0.3) is 0 Å². The molecule has 3 heterocycles. The number of urea groups is 1. The highest BCUT2D eigenvalue weighted by Crippen LogP contribution is 2.11. The van der Waals surface area contributed by atoms with E-state index in [9.17, 15) is 4.79 Å². The Kier molecular flexibility index (Phi) is 3.16. The van der Waals surface area contributed by atoms with Crippen molar-refractivity contribution < 1.29 is 4.79 Å². The number of aromatic nitrogens is 2. The number of thiophene rings is 1. The molecule has 0 fully saturated rings. The van der Waals surface area contributed by atoms with Crippen LogP contribution in [0.4, 0.5) is 10.5 Å². The Balaban J connectivity index is 1.62. The van der Waals surface area contributed by atoms with Gasteiger partial charge in [-0.15, -0.1) is 11.3 Å². The smallest absolute Gasteiger partial charge is 0.319 e. The molecule has 0 aliphatic heterocycles. The first-order valence-corrected chi connectivity index (χ1v) is 6.70. The van der Waals surface area contributed by atoms with Crippen LogP contribution in [-0.2, 0) is 6.54 Å². The highest BCUT2D eigenvalue weighted by atomic mass is 32.1. The summed E-state index contributed by atoms with van der Waals surface area (Å²) in [4.78, 5) is 12.9. The number of carbonyl (C=O) groups is 1. The summed E-state index contributed by atoms with van der Waals surface area (Å²) < 4.78 is 1.74. The third-order valence-electron chi connectivity index (χ3n) is 2.66. The molecule has 19 heavy (non-hydrogen) atoms. The van der Waals surface area contributed by atoms with Crippen molar-refractivity contribution in [1.29, 1.82) is 0 Å². The predicted molar refractivity (Wildman–Crippen MR) is 75.4 cm³/mol. The standard InChI is InChI=1S/C13H12N4OS/c18-13(14-9-12-2-1-7-19-12)16-10-4-6-17-11(8-10)3-5-15-17/h1-8H,9H2,(H2,14,16,18). The topological polar surface area (TPSA) is 58.4 Å². The Hall–Kier alpha value is -2.34. The van der Waals surface area contributed by atoms with Gasteiger partial charge in [-0.3, -0.25) is 0 Å². The van der Waals surface area contributed by atoms with Crippen molar-refractivity contribution in [2.45, 2.75) is 6.54 Å². The summed E-state index contributed by atoms with van der Waals surface area (Å²) in [5, 5.41) is 11.7. The molecule has 96 valence electrons. The molecular weight excluding hydrogens is 260 g/mol. The summed E-state index contributed by atoms with van der Waals surface area (Å²) in [6.07, 6.45) is 3.53. The van der Waals surface area contributed by atoms with E-state index in [4.69, 9.17) is 0 Å². The number of nitrogens with zero attached hydrogens (tertiary/aromatic N) is 2. The second-order valence-corrected chi connectivity index (χ2v) is 5.04. The number of hydrogen-bond acceptors (Lipinski definition) is 3. The van der Waals surface area contributed by atoms with Gasteiger partial charge in [0.05, 0.1) is 12.1 Å². The minimum Gasteiger partial charge on any atom is -0.333 e. The van der Waals surface area contributed by atoms with Crippen molar-refractivity contribution in [3.8, 4) is 0 Å². The van der Waals surface area contributed by atoms with Gasteiger partial charge >= 0.3 is 6.03 Å². The zero-order valence-corrected chi connectivity index (χ0v) is 10.9. The molecule has 2 amide bonds. The van der Waals surface area contributed by atoms with Crippen LogP contribution < -0.4 is 10.6 Å². The number of carbonyl (C=O) groups excluding carboxylic acids is 1. The lowest BCUT2D eigenvalue weighted by molar-refractivity contribution is 0.252. The van der Waals surface area contributed by atoms with Crippen molar-refractivity contribution in [2.24, 2.45) is 0 Å². The van der Waals surface area contributed by atoms with Crippen molar-refractivity contribution in [3.63, 3.8) is 0 Å². The van der Waals surface area contributed by atoms with E-state index in [0.29, 0.717) is 6.54 Å². The van der Waals surface area contributed by atoms with Crippen LogP contribution in [0.5, 0.6) is 0 Å². The molecular formula is C13H12N4OS. The van der Waals surface area contributed by atoms with E-state index < -0.39 is 0 Å². The molecule has 5 nitrogen and oxygen atoms in total. The van der Waals surface area contributed by atoms with Gasteiger partial charge in [-0.1, -0.05) is 6.07 Å². The Labute approximate surface area is 113 Å². The normalized spacial score (nSPS) is 10.5. The number of pyridine rings is 1. The summed E-state index contributed by atoms with van der Waals surface area (Å²) in [6.45, 7) is 0.540. The van der Waals surface area contributed by atoms with E-state index in [0.717, 1.165) is 16.1 Å². The van der Waals surface area contributed by atoms with Gasteiger partial charge in [0.1, 0.15) is 0 Å². The van der Waals surface area contributed by atoms with Gasteiger partial charge in [0.2, 0.25) is 0 Å². The lowest BCUT2D eigenvalue weighted by Gasteiger charge is -2.07. The highest BCUT2D eigenvalue weighted by molar-refractivity contribution is 7.09. The number of nitrogens with one attached hydrogen (secondary N) is 2. The molecule has 3 aromatic heterocycles. The lowest BCUT2D eigenvalue weighted by atomic mass is 10.3. The minimum atomic E-state index is -0.211. The molecule has 0 aliphatic carbocycles. The second kappa shape index (κ2) is 5.11. The van der Waals surface area contributed by atoms with Gasteiger partial charge in [-0.05, 0) is 29.6 Å². The Morgan fingerprint density at radius 2 is 2.32 bits per heavy atom. The molecule has 0 aliphatic rings. The van der Waals surface area contributed by atoms with Crippen molar-refractivity contribution in [2.75, 3.05) is 5.32 Å². The van der Waals surface area contributed by atoms with Crippen LogP contribution >= 0.6 is 11.3 Å². The summed E-state index contributed by atoms with van der Waals surface area (Å²) in [5.74, 6) is 0. The van der Waals surface area contributed by atoms with Crippen LogP contribution in [0.15, 0.2) is 48.1 Å². The maximum absolute atomic E-state index is 11.7. The van der Waals surface area contributed by atoms with Crippen molar-refractivity contribution in [1.82, 2.24) is 14.9 Å². The third-order valence-corrected chi connectivity index (χ3v) is 3.54. The van der Waals surface area contributed by atoms with Crippen molar-refractivity contribution in [3.05, 3.63) is 53.0 Å². The third kappa shape index (κ3) is 2.74. The molecule has 0 radical (unpaired) electrons. The molecule has 0 bridgehead atoms. The molecule has 0 saturated heterocycles. The Morgan fingerprint density at radius 1 is 1.37 bits per heavy atom. The maximum Gasteiger partial charge on any atom is 0.319 e. The first kappa shape index (κ1) is 11.7. The zero-order valence-electron chi connectivity index (χ0n) is 10.0. The van der Waals surface area contributed by atoms with Gasteiger partial charge in [0, 0.05) is 23.0 Å². The van der Waals surface area contributed by atoms with Crippen LogP contribution in [0.1, 0.15) is 4.88 Å². The number of rotatable bonds is 3. The lowest BCUT2D eigenvalue weighted by Crippen LogP contribution is -2.27. The van der Waals surface area contributed by atoms with Crippen LogP contribution in [-0.4, -0.2) is 15.6 Å². The van der Waals surface area contributed by atoms with Gasteiger partial charge in [-0.25, -0.2) is 9.31 Å². The number of fused-ring (bicyclic) bond motifs is 1. The van der Waals surface area contributed by atoms with Crippen LogP contribution in [0.2, 0.25) is 0 Å². The van der Waals surface area contributed by atoms with Gasteiger partial charge < -0.3 is 10.6 Å². The van der Waals surface area contributed by atoms with Gasteiger partial charge in [-0.2, -0.15) is 5.10 Å². The van der Waals surface area contributed by atoms with E-state index >= 15 is 0 Å². The van der Waals surface area contributed by atoms with E-state index in [-0.39, 0.29) is 6.03 Å². The van der Waals surface area contributed by atoms with E-state index in [1.165, 1.54) is 0 Å².